The van der Waals surface area contributed by atoms with Gasteiger partial charge in [0, 0.05) is 18.7 Å². The third-order valence-corrected chi connectivity index (χ3v) is 5.28. The van der Waals surface area contributed by atoms with Crippen molar-refractivity contribution < 1.29 is 19.0 Å². The van der Waals surface area contributed by atoms with Crippen molar-refractivity contribution in [1.82, 2.24) is 4.90 Å². The first kappa shape index (κ1) is 21.9. The van der Waals surface area contributed by atoms with Crippen LogP contribution in [0.15, 0.2) is 58.4 Å². The third-order valence-electron chi connectivity index (χ3n) is 4.27. The molecule has 158 valence electrons. The van der Waals surface area contributed by atoms with Gasteiger partial charge in [0.15, 0.2) is 5.17 Å². The molecule has 0 aromatic heterocycles. The fourth-order valence-corrected chi connectivity index (χ4v) is 3.91. The first-order valence-electron chi connectivity index (χ1n) is 9.90. The van der Waals surface area contributed by atoms with Crippen LogP contribution in [0.25, 0.3) is 6.08 Å². The predicted molar refractivity (Wildman–Crippen MR) is 121 cm³/mol. The maximum absolute atomic E-state index is 13.1. The number of para-hydroxylation sites is 1. The number of amides is 1. The molecule has 1 saturated heterocycles. The Morgan fingerprint density at radius 2 is 1.83 bits per heavy atom. The minimum Gasteiger partial charge on any atom is -0.494 e. The van der Waals surface area contributed by atoms with Crippen LogP contribution in [0.2, 0.25) is 0 Å². The predicted octanol–water partition coefficient (Wildman–Crippen LogP) is 4.73. The maximum atomic E-state index is 13.1. The summed E-state index contributed by atoms with van der Waals surface area (Å²) in [6.07, 6.45) is 1.85. The number of aliphatic imine (C=N–C) groups is 1. The van der Waals surface area contributed by atoms with E-state index in [4.69, 9.17) is 14.2 Å². The first-order chi connectivity index (χ1) is 14.7. The molecule has 2 aromatic rings. The molecule has 0 aliphatic carbocycles. The molecule has 0 radical (unpaired) electrons. The summed E-state index contributed by atoms with van der Waals surface area (Å²) in [4.78, 5) is 20.0. The van der Waals surface area contributed by atoms with E-state index in [1.807, 2.05) is 68.5 Å². The summed E-state index contributed by atoms with van der Waals surface area (Å²) in [6, 6.07) is 15.2. The molecule has 1 amide bonds. The molecule has 0 N–H and O–H groups in total. The Hall–Kier alpha value is -2.77. The fraction of sp³-hybridized carbons (Fsp3) is 0.304. The van der Waals surface area contributed by atoms with E-state index in [2.05, 4.69) is 4.99 Å². The normalized spacial score (nSPS) is 16.5. The smallest absolute Gasteiger partial charge is 0.266 e. The maximum Gasteiger partial charge on any atom is 0.266 e. The van der Waals surface area contributed by atoms with Gasteiger partial charge < -0.3 is 14.2 Å². The molecular formula is C23H26N2O4S. The SMILES string of the molecule is CCOc1ccc(C=C2SC(=Nc3ccccc3)N(CCOC)C2=O)c(OCC)c1. The van der Waals surface area contributed by atoms with Crippen LogP contribution in [0.1, 0.15) is 19.4 Å². The Labute approximate surface area is 181 Å². The lowest BCUT2D eigenvalue weighted by Gasteiger charge is -2.14. The highest BCUT2D eigenvalue weighted by molar-refractivity contribution is 8.18. The number of rotatable bonds is 9. The van der Waals surface area contributed by atoms with Crippen LogP contribution in [0, 0.1) is 0 Å². The van der Waals surface area contributed by atoms with Gasteiger partial charge in [-0.25, -0.2) is 4.99 Å². The number of hydrogen-bond acceptors (Lipinski definition) is 6. The third kappa shape index (κ3) is 5.43. The lowest BCUT2D eigenvalue weighted by Crippen LogP contribution is -2.32. The van der Waals surface area contributed by atoms with Crippen LogP contribution in [0.4, 0.5) is 5.69 Å². The largest absolute Gasteiger partial charge is 0.494 e. The van der Waals surface area contributed by atoms with Crippen molar-refractivity contribution in [3.05, 3.63) is 59.0 Å². The summed E-state index contributed by atoms with van der Waals surface area (Å²) >= 11 is 1.35. The molecule has 0 unspecified atom stereocenters. The second-order valence-electron chi connectivity index (χ2n) is 6.36. The Morgan fingerprint density at radius 3 is 2.53 bits per heavy atom. The zero-order valence-corrected chi connectivity index (χ0v) is 18.3. The molecule has 1 aliphatic heterocycles. The number of carbonyl (C=O) groups excluding carboxylic acids is 1. The van der Waals surface area contributed by atoms with Crippen molar-refractivity contribution in [2.75, 3.05) is 33.5 Å². The highest BCUT2D eigenvalue weighted by Crippen LogP contribution is 2.36. The lowest BCUT2D eigenvalue weighted by atomic mass is 10.1. The quantitative estimate of drug-likeness (QED) is 0.542. The van der Waals surface area contributed by atoms with E-state index < -0.39 is 0 Å². The van der Waals surface area contributed by atoms with Gasteiger partial charge in [-0.05, 0) is 56.0 Å². The Kier molecular flexibility index (Phi) is 7.93. The van der Waals surface area contributed by atoms with E-state index in [-0.39, 0.29) is 5.91 Å². The molecular weight excluding hydrogens is 400 g/mol. The molecule has 0 bridgehead atoms. The van der Waals surface area contributed by atoms with Crippen LogP contribution in [-0.2, 0) is 9.53 Å². The Morgan fingerprint density at radius 1 is 1.07 bits per heavy atom. The summed E-state index contributed by atoms with van der Waals surface area (Å²) in [5, 5.41) is 0.637. The van der Waals surface area contributed by atoms with Crippen molar-refractivity contribution in [2.45, 2.75) is 13.8 Å². The van der Waals surface area contributed by atoms with Gasteiger partial charge in [-0.2, -0.15) is 0 Å². The number of methoxy groups -OCH3 is 1. The van der Waals surface area contributed by atoms with Crippen LogP contribution >= 0.6 is 11.8 Å². The van der Waals surface area contributed by atoms with Gasteiger partial charge in [0.2, 0.25) is 0 Å². The van der Waals surface area contributed by atoms with E-state index >= 15 is 0 Å². The summed E-state index contributed by atoms with van der Waals surface area (Å²) in [5.74, 6) is 1.32. The van der Waals surface area contributed by atoms with E-state index in [1.54, 1.807) is 12.0 Å². The number of benzene rings is 2. The standard InChI is InChI=1S/C23H26N2O4S/c1-4-28-19-12-11-17(20(16-19)29-5-2)15-21-22(26)25(13-14-27-3)23(30-21)24-18-9-7-6-8-10-18/h6-12,15-16H,4-5,13-14H2,1-3H3. The topological polar surface area (TPSA) is 60.4 Å². The van der Waals surface area contributed by atoms with Gasteiger partial charge >= 0.3 is 0 Å². The minimum absolute atomic E-state index is 0.0944. The number of hydrogen-bond donors (Lipinski definition) is 0. The van der Waals surface area contributed by atoms with E-state index in [1.165, 1.54) is 11.8 Å². The first-order valence-corrected chi connectivity index (χ1v) is 10.7. The van der Waals surface area contributed by atoms with Crippen molar-refractivity contribution in [3.63, 3.8) is 0 Å². The Bertz CT molecular complexity index is 928. The minimum atomic E-state index is -0.0944. The highest BCUT2D eigenvalue weighted by Gasteiger charge is 2.33. The number of nitrogens with zero attached hydrogens (tertiary/aromatic N) is 2. The lowest BCUT2D eigenvalue weighted by molar-refractivity contribution is -0.122. The van der Waals surface area contributed by atoms with Crippen molar-refractivity contribution in [1.29, 1.82) is 0 Å². The number of amidine groups is 1. The molecule has 0 atom stereocenters. The molecule has 7 heteroatoms. The van der Waals surface area contributed by atoms with Crippen LogP contribution in [0.3, 0.4) is 0 Å². The van der Waals surface area contributed by atoms with Gasteiger partial charge in [0.1, 0.15) is 11.5 Å². The van der Waals surface area contributed by atoms with E-state index in [0.717, 1.165) is 17.0 Å². The second-order valence-corrected chi connectivity index (χ2v) is 7.36. The van der Waals surface area contributed by atoms with Gasteiger partial charge in [-0.15, -0.1) is 0 Å². The molecule has 1 heterocycles. The molecule has 30 heavy (non-hydrogen) atoms. The molecule has 6 nitrogen and oxygen atoms in total. The molecule has 1 aliphatic rings. The van der Waals surface area contributed by atoms with Crippen molar-refractivity contribution in [2.24, 2.45) is 4.99 Å². The second kappa shape index (κ2) is 10.8. The number of ether oxygens (including phenoxy) is 3. The van der Waals surface area contributed by atoms with Gasteiger partial charge in [-0.3, -0.25) is 9.69 Å². The summed E-state index contributed by atoms with van der Waals surface area (Å²) < 4.78 is 16.5. The van der Waals surface area contributed by atoms with Crippen LogP contribution in [0.5, 0.6) is 11.5 Å². The molecule has 3 rings (SSSR count). The van der Waals surface area contributed by atoms with Crippen molar-refractivity contribution >= 4 is 34.6 Å². The molecule has 0 saturated carbocycles. The zero-order chi connectivity index (χ0) is 21.3. The van der Waals surface area contributed by atoms with Gasteiger partial charge in [-0.1, -0.05) is 18.2 Å². The summed E-state index contributed by atoms with van der Waals surface area (Å²) in [7, 11) is 1.62. The monoisotopic (exact) mass is 426 g/mol. The van der Waals surface area contributed by atoms with E-state index in [0.29, 0.717) is 42.2 Å². The Balaban J connectivity index is 1.94. The molecule has 1 fully saturated rings. The highest BCUT2D eigenvalue weighted by atomic mass is 32.2. The van der Waals surface area contributed by atoms with Gasteiger partial charge in [0.25, 0.3) is 5.91 Å². The molecule has 2 aromatic carbocycles. The average Bonchev–Trinajstić information content (AvgIpc) is 3.03. The fourth-order valence-electron chi connectivity index (χ4n) is 2.90. The zero-order valence-electron chi connectivity index (χ0n) is 17.5. The summed E-state index contributed by atoms with van der Waals surface area (Å²) in [6.45, 7) is 5.83. The average molecular weight is 427 g/mol. The van der Waals surface area contributed by atoms with E-state index in [9.17, 15) is 4.79 Å². The van der Waals surface area contributed by atoms with Crippen LogP contribution < -0.4 is 9.47 Å². The van der Waals surface area contributed by atoms with Crippen LogP contribution in [-0.4, -0.2) is 49.4 Å². The summed E-state index contributed by atoms with van der Waals surface area (Å²) in [5.41, 5.74) is 1.62. The number of thioether (sulfide) groups is 1. The molecule has 0 spiro atoms. The van der Waals surface area contributed by atoms with Crippen molar-refractivity contribution in [3.8, 4) is 11.5 Å². The van der Waals surface area contributed by atoms with Gasteiger partial charge in [0.05, 0.1) is 37.0 Å². The number of carbonyl (C=O) groups is 1.